The van der Waals surface area contributed by atoms with E-state index in [2.05, 4.69) is 15.5 Å². The summed E-state index contributed by atoms with van der Waals surface area (Å²) in [6.45, 7) is 7.12. The zero-order valence-electron chi connectivity index (χ0n) is 9.13. The van der Waals surface area contributed by atoms with Gasteiger partial charge in [0.25, 0.3) is 0 Å². The lowest BCUT2D eigenvalue weighted by molar-refractivity contribution is 0.0227. The maximum Gasteiger partial charge on any atom is 0.230 e. The molecule has 0 aliphatic rings. The van der Waals surface area contributed by atoms with Crippen LogP contribution in [-0.2, 0) is 11.3 Å². The van der Waals surface area contributed by atoms with Gasteiger partial charge in [-0.15, -0.1) is 10.2 Å². The van der Waals surface area contributed by atoms with Crippen molar-refractivity contribution < 1.29 is 9.15 Å². The molecule has 1 heterocycles. The molecule has 0 radical (unpaired) electrons. The van der Waals surface area contributed by atoms with E-state index >= 15 is 0 Å². The number of aromatic nitrogens is 2. The lowest BCUT2D eigenvalue weighted by Crippen LogP contribution is -2.36. The third-order valence-corrected chi connectivity index (χ3v) is 1.95. The number of ether oxygens (including phenoxy) is 1. The van der Waals surface area contributed by atoms with Gasteiger partial charge in [-0.25, -0.2) is 0 Å². The summed E-state index contributed by atoms with van der Waals surface area (Å²) in [7, 11) is 1.69. The molecule has 0 spiro atoms. The van der Waals surface area contributed by atoms with Crippen LogP contribution >= 0.6 is 0 Å². The predicted octanol–water partition coefficient (Wildman–Crippen LogP) is 0.893. The van der Waals surface area contributed by atoms with E-state index in [0.717, 1.165) is 6.54 Å². The van der Waals surface area contributed by atoms with Crippen molar-refractivity contribution in [1.82, 2.24) is 15.5 Å². The smallest absolute Gasteiger partial charge is 0.230 e. The van der Waals surface area contributed by atoms with Gasteiger partial charge in [-0.3, -0.25) is 0 Å². The van der Waals surface area contributed by atoms with Crippen LogP contribution < -0.4 is 5.32 Å². The molecule has 0 saturated heterocycles. The van der Waals surface area contributed by atoms with Gasteiger partial charge in [-0.2, -0.15) is 0 Å². The minimum atomic E-state index is -0.172. The lowest BCUT2D eigenvalue weighted by Gasteiger charge is -2.22. The van der Waals surface area contributed by atoms with Crippen molar-refractivity contribution in [3.8, 4) is 0 Å². The summed E-state index contributed by atoms with van der Waals surface area (Å²) in [5, 5.41) is 10.8. The average Bonchev–Trinajstić information content (AvgIpc) is 2.51. The molecule has 0 unspecified atom stereocenters. The molecule has 5 nitrogen and oxygen atoms in total. The van der Waals surface area contributed by atoms with Crippen LogP contribution in [0.2, 0.25) is 0 Å². The van der Waals surface area contributed by atoms with Crippen LogP contribution in [0.5, 0.6) is 0 Å². The van der Waals surface area contributed by atoms with Crippen LogP contribution in [0.1, 0.15) is 25.6 Å². The van der Waals surface area contributed by atoms with Gasteiger partial charge in [0.15, 0.2) is 0 Å². The molecule has 0 atom stereocenters. The topological polar surface area (TPSA) is 60.2 Å². The Morgan fingerprint density at radius 3 is 2.64 bits per heavy atom. The summed E-state index contributed by atoms with van der Waals surface area (Å²) in [5.74, 6) is 1.20. The van der Waals surface area contributed by atoms with Gasteiger partial charge >= 0.3 is 0 Å². The second-order valence-corrected chi connectivity index (χ2v) is 3.78. The first-order valence-corrected chi connectivity index (χ1v) is 4.58. The van der Waals surface area contributed by atoms with Gasteiger partial charge < -0.3 is 14.5 Å². The Morgan fingerprint density at radius 2 is 2.14 bits per heavy atom. The van der Waals surface area contributed by atoms with Gasteiger partial charge in [0.2, 0.25) is 11.8 Å². The molecule has 0 amide bonds. The van der Waals surface area contributed by atoms with E-state index in [9.17, 15) is 0 Å². The first-order chi connectivity index (χ1) is 6.53. The van der Waals surface area contributed by atoms with E-state index in [1.165, 1.54) is 0 Å². The number of nitrogens with zero attached hydrogens (tertiary/aromatic N) is 2. The minimum absolute atomic E-state index is 0.172. The maximum absolute atomic E-state index is 5.25. The minimum Gasteiger partial charge on any atom is -0.424 e. The Balaban J connectivity index is 2.28. The number of hydrogen-bond acceptors (Lipinski definition) is 5. The van der Waals surface area contributed by atoms with Crippen LogP contribution in [0.3, 0.4) is 0 Å². The van der Waals surface area contributed by atoms with Gasteiger partial charge in [-0.1, -0.05) is 0 Å². The van der Waals surface area contributed by atoms with Gasteiger partial charge in [0.05, 0.1) is 12.1 Å². The monoisotopic (exact) mass is 199 g/mol. The van der Waals surface area contributed by atoms with Crippen molar-refractivity contribution in [1.29, 1.82) is 0 Å². The maximum atomic E-state index is 5.25. The predicted molar refractivity (Wildman–Crippen MR) is 51.8 cm³/mol. The summed E-state index contributed by atoms with van der Waals surface area (Å²) in [6.07, 6.45) is 0. The molecule has 0 aliphatic carbocycles. The van der Waals surface area contributed by atoms with Crippen molar-refractivity contribution in [3.63, 3.8) is 0 Å². The molecule has 1 rings (SSSR count). The quantitative estimate of drug-likeness (QED) is 0.763. The number of rotatable bonds is 5. The van der Waals surface area contributed by atoms with Crippen LogP contribution in [0.15, 0.2) is 4.42 Å². The number of methoxy groups -OCH3 is 1. The Labute approximate surface area is 83.9 Å². The second-order valence-electron chi connectivity index (χ2n) is 3.78. The third-order valence-electron chi connectivity index (χ3n) is 1.95. The number of aryl methyl sites for hydroxylation is 1. The molecule has 80 valence electrons. The fourth-order valence-electron chi connectivity index (χ4n) is 0.952. The van der Waals surface area contributed by atoms with E-state index in [0.29, 0.717) is 18.3 Å². The molecular weight excluding hydrogens is 182 g/mol. The molecule has 0 fully saturated rings. The van der Waals surface area contributed by atoms with E-state index in [-0.39, 0.29) is 5.60 Å². The lowest BCUT2D eigenvalue weighted by atomic mass is 10.1. The van der Waals surface area contributed by atoms with E-state index in [1.54, 1.807) is 14.0 Å². The first-order valence-electron chi connectivity index (χ1n) is 4.58. The first kappa shape index (κ1) is 11.1. The highest BCUT2D eigenvalue weighted by molar-refractivity contribution is 4.79. The summed E-state index contributed by atoms with van der Waals surface area (Å²) in [5.41, 5.74) is -0.172. The molecule has 1 aromatic rings. The highest BCUT2D eigenvalue weighted by atomic mass is 16.5. The zero-order valence-corrected chi connectivity index (χ0v) is 9.13. The van der Waals surface area contributed by atoms with E-state index < -0.39 is 0 Å². The van der Waals surface area contributed by atoms with Crippen LogP contribution in [0.4, 0.5) is 0 Å². The summed E-state index contributed by atoms with van der Waals surface area (Å²) >= 11 is 0. The number of hydrogen-bond donors (Lipinski definition) is 1. The molecular formula is C9H17N3O2. The van der Waals surface area contributed by atoms with Crippen molar-refractivity contribution in [2.45, 2.75) is 32.9 Å². The molecule has 0 saturated carbocycles. The Hall–Kier alpha value is -0.940. The standard InChI is InChI=1S/C9H17N3O2/c1-7-11-12-8(14-7)5-10-6-9(2,3)13-4/h10H,5-6H2,1-4H3. The second kappa shape index (κ2) is 4.52. The molecule has 0 aliphatic heterocycles. The van der Waals surface area contributed by atoms with E-state index in [4.69, 9.17) is 9.15 Å². The van der Waals surface area contributed by atoms with Crippen molar-refractivity contribution in [2.24, 2.45) is 0 Å². The zero-order chi connectivity index (χ0) is 10.6. The van der Waals surface area contributed by atoms with Crippen LogP contribution in [0, 0.1) is 6.92 Å². The summed E-state index contributed by atoms with van der Waals surface area (Å²) in [6, 6.07) is 0. The molecule has 0 aromatic carbocycles. The third kappa shape index (κ3) is 3.43. The van der Waals surface area contributed by atoms with Crippen molar-refractivity contribution >= 4 is 0 Å². The molecule has 1 N–H and O–H groups in total. The van der Waals surface area contributed by atoms with Gasteiger partial charge in [0.1, 0.15) is 0 Å². The summed E-state index contributed by atoms with van der Waals surface area (Å²) < 4.78 is 10.5. The molecule has 0 bridgehead atoms. The number of nitrogens with one attached hydrogen (secondary N) is 1. The average molecular weight is 199 g/mol. The molecule has 1 aromatic heterocycles. The van der Waals surface area contributed by atoms with Crippen LogP contribution in [0.25, 0.3) is 0 Å². The SMILES string of the molecule is COC(C)(C)CNCc1nnc(C)o1. The van der Waals surface area contributed by atoms with Gasteiger partial charge in [-0.05, 0) is 13.8 Å². The summed E-state index contributed by atoms with van der Waals surface area (Å²) in [4.78, 5) is 0. The normalized spacial score (nSPS) is 12.0. The molecule has 14 heavy (non-hydrogen) atoms. The highest BCUT2D eigenvalue weighted by Gasteiger charge is 2.15. The molecule has 5 heteroatoms. The van der Waals surface area contributed by atoms with E-state index in [1.807, 2.05) is 13.8 Å². The Bertz CT molecular complexity index is 283. The largest absolute Gasteiger partial charge is 0.424 e. The van der Waals surface area contributed by atoms with Gasteiger partial charge in [0, 0.05) is 20.6 Å². The van der Waals surface area contributed by atoms with Crippen LogP contribution in [-0.4, -0.2) is 29.5 Å². The fourth-order valence-corrected chi connectivity index (χ4v) is 0.952. The Kier molecular flexibility index (Phi) is 3.60. The Morgan fingerprint density at radius 1 is 1.43 bits per heavy atom. The fraction of sp³-hybridized carbons (Fsp3) is 0.778. The van der Waals surface area contributed by atoms with Crippen molar-refractivity contribution in [2.75, 3.05) is 13.7 Å². The highest BCUT2D eigenvalue weighted by Crippen LogP contribution is 2.05. The van der Waals surface area contributed by atoms with Crippen molar-refractivity contribution in [3.05, 3.63) is 11.8 Å².